The Morgan fingerprint density at radius 1 is 1.14 bits per heavy atom. The molecule has 9 heteroatoms. The van der Waals surface area contributed by atoms with Gasteiger partial charge in [-0.25, -0.2) is 4.98 Å². The predicted octanol–water partition coefficient (Wildman–Crippen LogP) is 3.33. The third-order valence-corrected chi connectivity index (χ3v) is 5.64. The first-order chi connectivity index (χ1) is 12.0. The van der Waals surface area contributed by atoms with Crippen LogP contribution in [0.4, 0.5) is 11.5 Å². The molecule has 28 heavy (non-hydrogen) atoms. The normalized spacial score (nSPS) is 22.5. The zero-order chi connectivity index (χ0) is 17.8. The summed E-state index contributed by atoms with van der Waals surface area (Å²) in [5.41, 5.74) is 7.12. The van der Waals surface area contributed by atoms with E-state index >= 15 is 0 Å². The van der Waals surface area contributed by atoms with Crippen LogP contribution in [0, 0.1) is 5.92 Å². The van der Waals surface area contributed by atoms with E-state index in [0.717, 1.165) is 44.5 Å². The number of nitrogens with zero attached hydrogens (tertiary/aromatic N) is 3. The van der Waals surface area contributed by atoms with Crippen molar-refractivity contribution in [2.24, 2.45) is 11.7 Å². The van der Waals surface area contributed by atoms with Crippen LogP contribution in [-0.2, 0) is 4.79 Å². The summed E-state index contributed by atoms with van der Waals surface area (Å²) in [7, 11) is 4.30. The smallest absolute Gasteiger partial charge is 0.228 e. The van der Waals surface area contributed by atoms with Gasteiger partial charge in [0.15, 0.2) is 0 Å². The fourth-order valence-electron chi connectivity index (χ4n) is 3.98. The van der Waals surface area contributed by atoms with Crippen molar-refractivity contribution in [1.82, 2.24) is 9.88 Å². The van der Waals surface area contributed by atoms with E-state index in [2.05, 4.69) is 40.3 Å². The summed E-state index contributed by atoms with van der Waals surface area (Å²) in [6.07, 6.45) is 8.00. The van der Waals surface area contributed by atoms with E-state index in [1.54, 1.807) is 0 Å². The molecule has 3 N–H and O–H groups in total. The summed E-state index contributed by atoms with van der Waals surface area (Å²) in [6, 6.07) is 4.80. The molecule has 2 atom stereocenters. The molecule has 0 radical (unpaired) electrons. The third-order valence-electron chi connectivity index (χ3n) is 5.64. The minimum Gasteiger partial charge on any atom is -0.370 e. The van der Waals surface area contributed by atoms with Crippen molar-refractivity contribution in [3.8, 4) is 0 Å². The Bertz CT molecular complexity index is 579. The Labute approximate surface area is 187 Å². The number of hydrogen-bond donors (Lipinski definition) is 2. The molecule has 6 nitrogen and oxygen atoms in total. The fraction of sp³-hybridized carbons (Fsp3) is 0.684. The van der Waals surface area contributed by atoms with Crippen LogP contribution in [0.3, 0.4) is 0 Å². The van der Waals surface area contributed by atoms with Gasteiger partial charge in [-0.05, 0) is 58.3 Å². The first-order valence-electron chi connectivity index (χ1n) is 9.47. The van der Waals surface area contributed by atoms with Crippen molar-refractivity contribution in [2.45, 2.75) is 50.6 Å². The Morgan fingerprint density at radius 2 is 1.82 bits per heavy atom. The quantitative estimate of drug-likeness (QED) is 0.730. The van der Waals surface area contributed by atoms with Gasteiger partial charge < -0.3 is 20.9 Å². The Morgan fingerprint density at radius 3 is 2.36 bits per heavy atom. The van der Waals surface area contributed by atoms with E-state index in [0.29, 0.717) is 11.9 Å². The van der Waals surface area contributed by atoms with Crippen molar-refractivity contribution in [2.75, 3.05) is 37.4 Å². The molecule has 1 aliphatic heterocycles. The van der Waals surface area contributed by atoms with Crippen molar-refractivity contribution >= 4 is 54.6 Å². The molecule has 162 valence electrons. The number of piperidine rings is 1. The maximum Gasteiger partial charge on any atom is 0.228 e. The summed E-state index contributed by atoms with van der Waals surface area (Å²) in [6.45, 7) is 2.10. The number of hydrogen-bond acceptors (Lipinski definition) is 5. The topological polar surface area (TPSA) is 74.5 Å². The first kappa shape index (κ1) is 27.2. The summed E-state index contributed by atoms with van der Waals surface area (Å²) in [4.78, 5) is 21.5. The molecule has 1 aromatic heterocycles. The molecule has 1 aliphatic carbocycles. The maximum atomic E-state index is 12.4. The average Bonchev–Trinajstić information content (AvgIpc) is 2.62. The van der Waals surface area contributed by atoms with E-state index < -0.39 is 0 Å². The van der Waals surface area contributed by atoms with Crippen LogP contribution in [0.15, 0.2) is 18.3 Å². The molecular formula is C19H34Cl3N5O. The number of nitrogens with two attached hydrogens (primary N) is 1. The first-order valence-corrected chi connectivity index (χ1v) is 9.47. The third kappa shape index (κ3) is 7.23. The van der Waals surface area contributed by atoms with Crippen LogP contribution in [0.25, 0.3) is 0 Å². The van der Waals surface area contributed by atoms with Gasteiger partial charge >= 0.3 is 0 Å². The number of pyridine rings is 1. The van der Waals surface area contributed by atoms with Crippen LogP contribution < -0.4 is 16.0 Å². The summed E-state index contributed by atoms with van der Waals surface area (Å²) in [5, 5.41) is 2.95. The summed E-state index contributed by atoms with van der Waals surface area (Å²) < 4.78 is 0. The summed E-state index contributed by atoms with van der Waals surface area (Å²) in [5.74, 6) is 0.716. The van der Waals surface area contributed by atoms with Gasteiger partial charge in [-0.3, -0.25) is 4.79 Å². The number of anilines is 2. The monoisotopic (exact) mass is 453 g/mol. The van der Waals surface area contributed by atoms with Crippen LogP contribution in [0.5, 0.6) is 0 Å². The number of halogens is 3. The van der Waals surface area contributed by atoms with Gasteiger partial charge in [-0.15, -0.1) is 37.2 Å². The van der Waals surface area contributed by atoms with Gasteiger partial charge in [0, 0.05) is 31.1 Å². The molecule has 0 spiro atoms. The molecule has 1 saturated heterocycles. The van der Waals surface area contributed by atoms with Gasteiger partial charge in [0.25, 0.3) is 0 Å². The van der Waals surface area contributed by atoms with Gasteiger partial charge in [0.1, 0.15) is 5.82 Å². The zero-order valence-corrected chi connectivity index (χ0v) is 19.1. The lowest BCUT2D eigenvalue weighted by atomic mass is 9.85. The minimum atomic E-state index is 0. The molecule has 1 aromatic rings. The highest BCUT2D eigenvalue weighted by Gasteiger charge is 2.25. The lowest BCUT2D eigenvalue weighted by Crippen LogP contribution is -2.42. The molecule has 2 unspecified atom stereocenters. The molecule has 2 heterocycles. The second kappa shape index (κ2) is 12.7. The number of carbonyl (C=O) groups excluding carboxylic acids is 1. The highest BCUT2D eigenvalue weighted by molar-refractivity contribution is 5.91. The van der Waals surface area contributed by atoms with E-state index in [-0.39, 0.29) is 55.1 Å². The van der Waals surface area contributed by atoms with Gasteiger partial charge in [0.2, 0.25) is 5.91 Å². The highest BCUT2D eigenvalue weighted by Crippen LogP contribution is 2.25. The molecule has 3 rings (SSSR count). The molecule has 0 aromatic carbocycles. The lowest BCUT2D eigenvalue weighted by molar-refractivity contribution is -0.120. The summed E-state index contributed by atoms with van der Waals surface area (Å²) >= 11 is 0. The van der Waals surface area contributed by atoms with E-state index in [4.69, 9.17) is 5.73 Å². The molecule has 2 aliphatic rings. The lowest BCUT2D eigenvalue weighted by Gasteiger charge is -2.36. The van der Waals surface area contributed by atoms with Crippen LogP contribution in [-0.4, -0.2) is 55.1 Å². The molecular weight excluding hydrogens is 421 g/mol. The molecule has 1 amide bonds. The Kier molecular flexibility index (Phi) is 12.3. The fourth-order valence-corrected chi connectivity index (χ4v) is 3.98. The SMILES string of the molecule is CN(C)C1CCN(c2ccc(NC(=O)C3CCCC(N)C3)nc2)CC1.Cl.Cl.Cl. The van der Waals surface area contributed by atoms with Crippen molar-refractivity contribution in [3.05, 3.63) is 18.3 Å². The number of rotatable bonds is 4. The average molecular weight is 455 g/mol. The van der Waals surface area contributed by atoms with Crippen LogP contribution in [0.2, 0.25) is 0 Å². The number of carbonyl (C=O) groups is 1. The minimum absolute atomic E-state index is 0. The number of nitrogens with one attached hydrogen (secondary N) is 1. The Balaban J connectivity index is 0.00000243. The van der Waals surface area contributed by atoms with Gasteiger partial charge in [-0.1, -0.05) is 6.42 Å². The van der Waals surface area contributed by atoms with Crippen LogP contribution >= 0.6 is 37.2 Å². The second-order valence-electron chi connectivity index (χ2n) is 7.70. The van der Waals surface area contributed by atoms with Crippen LogP contribution in [0.1, 0.15) is 38.5 Å². The van der Waals surface area contributed by atoms with Crippen molar-refractivity contribution in [3.63, 3.8) is 0 Å². The number of aromatic nitrogens is 1. The van der Waals surface area contributed by atoms with Gasteiger partial charge in [-0.2, -0.15) is 0 Å². The molecule has 1 saturated carbocycles. The highest BCUT2D eigenvalue weighted by atomic mass is 35.5. The molecule has 2 fully saturated rings. The van der Waals surface area contributed by atoms with Crippen molar-refractivity contribution in [1.29, 1.82) is 0 Å². The predicted molar refractivity (Wildman–Crippen MR) is 123 cm³/mol. The molecule has 0 bridgehead atoms. The Hall–Kier alpha value is -0.790. The standard InChI is InChI=1S/C19H31N5O.3ClH/c1-23(2)16-8-10-24(11-9-16)17-6-7-18(21-13-17)22-19(25)14-4-3-5-15(20)12-14;;;/h6-7,13-16H,3-5,8-12,20H2,1-2H3,(H,21,22,25);3*1H. The number of amides is 1. The van der Waals surface area contributed by atoms with Crippen molar-refractivity contribution < 1.29 is 4.79 Å². The maximum absolute atomic E-state index is 12.4. The van der Waals surface area contributed by atoms with E-state index in [1.807, 2.05) is 12.3 Å². The van der Waals surface area contributed by atoms with E-state index in [1.165, 1.54) is 12.8 Å². The zero-order valence-electron chi connectivity index (χ0n) is 16.7. The second-order valence-corrected chi connectivity index (χ2v) is 7.70. The van der Waals surface area contributed by atoms with Gasteiger partial charge in [0.05, 0.1) is 11.9 Å². The van der Waals surface area contributed by atoms with E-state index in [9.17, 15) is 4.79 Å². The largest absolute Gasteiger partial charge is 0.370 e.